The van der Waals surface area contributed by atoms with Gasteiger partial charge in [0.2, 0.25) is 6.54 Å². The van der Waals surface area contributed by atoms with Gasteiger partial charge in [-0.2, -0.15) is 0 Å². The third-order valence-electron chi connectivity index (χ3n) is 1.64. The highest BCUT2D eigenvalue weighted by Gasteiger charge is 2.30. The third kappa shape index (κ3) is 6.92. The van der Waals surface area contributed by atoms with E-state index in [1.807, 2.05) is 0 Å². The highest BCUT2D eigenvalue weighted by Crippen LogP contribution is 2.14. The summed E-state index contributed by atoms with van der Waals surface area (Å²) in [5.41, 5.74) is -0.706. The maximum absolute atomic E-state index is 11.6. The van der Waals surface area contributed by atoms with E-state index in [1.54, 1.807) is 20.8 Å². The molecule has 0 radical (unpaired) electrons. The van der Waals surface area contributed by atoms with Crippen molar-refractivity contribution in [3.63, 3.8) is 0 Å². The maximum atomic E-state index is 11.6. The number of nitro groups is 1. The van der Waals surface area contributed by atoms with E-state index in [9.17, 15) is 19.7 Å². The monoisotopic (exact) mass is 231 g/mol. The summed E-state index contributed by atoms with van der Waals surface area (Å²) in [4.78, 5) is 32.2. The molecule has 1 atom stereocenters. The molecule has 16 heavy (non-hydrogen) atoms. The molecule has 0 aromatic rings. The number of ether oxygens (including phenoxy) is 1. The first-order valence-electron chi connectivity index (χ1n) is 4.96. The Morgan fingerprint density at radius 2 is 1.88 bits per heavy atom. The smallest absolute Gasteiger partial charge is 0.316 e. The molecule has 0 aromatic carbocycles. The van der Waals surface area contributed by atoms with E-state index < -0.39 is 29.0 Å². The largest absolute Gasteiger partial charge is 0.460 e. The number of rotatable bonds is 5. The van der Waals surface area contributed by atoms with Gasteiger partial charge in [0, 0.05) is 11.3 Å². The number of hydrogen-bond acceptors (Lipinski definition) is 5. The van der Waals surface area contributed by atoms with Gasteiger partial charge in [0.15, 0.2) is 0 Å². The molecule has 0 spiro atoms. The van der Waals surface area contributed by atoms with Crippen molar-refractivity contribution in [3.8, 4) is 0 Å². The van der Waals surface area contributed by atoms with E-state index in [0.29, 0.717) is 0 Å². The summed E-state index contributed by atoms with van der Waals surface area (Å²) < 4.78 is 5.01. The van der Waals surface area contributed by atoms with Crippen LogP contribution in [0.15, 0.2) is 0 Å². The van der Waals surface area contributed by atoms with Crippen molar-refractivity contribution in [1.82, 2.24) is 0 Å². The number of hydrogen-bond donors (Lipinski definition) is 0. The van der Waals surface area contributed by atoms with Gasteiger partial charge < -0.3 is 4.74 Å². The average molecular weight is 231 g/mol. The second-order valence-electron chi connectivity index (χ2n) is 4.65. The van der Waals surface area contributed by atoms with Crippen LogP contribution in [-0.2, 0) is 14.3 Å². The summed E-state index contributed by atoms with van der Waals surface area (Å²) in [6.45, 7) is 5.72. The van der Waals surface area contributed by atoms with Gasteiger partial charge in [0.1, 0.15) is 17.3 Å². The number of carbonyl (C=O) groups is 2. The Morgan fingerprint density at radius 3 is 2.19 bits per heavy atom. The van der Waals surface area contributed by atoms with Crippen molar-refractivity contribution in [3.05, 3.63) is 10.1 Å². The van der Waals surface area contributed by atoms with Gasteiger partial charge in [-0.3, -0.25) is 19.7 Å². The highest BCUT2D eigenvalue weighted by molar-refractivity contribution is 5.83. The Labute approximate surface area is 94.1 Å². The molecular formula is C10H17NO5. The molecule has 6 nitrogen and oxygen atoms in total. The summed E-state index contributed by atoms with van der Waals surface area (Å²) in [5.74, 6) is -1.95. The molecular weight excluding hydrogens is 214 g/mol. The molecule has 0 aliphatic carbocycles. The van der Waals surface area contributed by atoms with Crippen molar-refractivity contribution in [2.24, 2.45) is 5.92 Å². The van der Waals surface area contributed by atoms with E-state index in [0.717, 1.165) is 0 Å². The van der Waals surface area contributed by atoms with Crippen LogP contribution in [0.3, 0.4) is 0 Å². The van der Waals surface area contributed by atoms with Gasteiger partial charge in [0.25, 0.3) is 0 Å². The molecule has 0 aliphatic rings. The summed E-state index contributed by atoms with van der Waals surface area (Å²) in [7, 11) is 0. The van der Waals surface area contributed by atoms with Crippen LogP contribution in [0.25, 0.3) is 0 Å². The number of nitrogens with zero attached hydrogens (tertiary/aromatic N) is 1. The third-order valence-corrected chi connectivity index (χ3v) is 1.64. The minimum absolute atomic E-state index is 0.157. The first-order valence-corrected chi connectivity index (χ1v) is 4.96. The molecule has 0 heterocycles. The lowest BCUT2D eigenvalue weighted by Crippen LogP contribution is -2.33. The van der Waals surface area contributed by atoms with Crippen molar-refractivity contribution in [1.29, 1.82) is 0 Å². The Kier molecular flexibility index (Phi) is 5.07. The fraction of sp³-hybridized carbons (Fsp3) is 0.800. The molecule has 0 aromatic heterocycles. The van der Waals surface area contributed by atoms with Gasteiger partial charge >= 0.3 is 5.97 Å². The van der Waals surface area contributed by atoms with Crippen LogP contribution in [0.2, 0.25) is 0 Å². The van der Waals surface area contributed by atoms with E-state index in [-0.39, 0.29) is 12.2 Å². The van der Waals surface area contributed by atoms with Crippen LogP contribution >= 0.6 is 0 Å². The van der Waals surface area contributed by atoms with Crippen molar-refractivity contribution >= 4 is 11.8 Å². The zero-order valence-electron chi connectivity index (χ0n) is 9.98. The lowest BCUT2D eigenvalue weighted by molar-refractivity contribution is -0.486. The van der Waals surface area contributed by atoms with Gasteiger partial charge in [-0.25, -0.2) is 0 Å². The van der Waals surface area contributed by atoms with Crippen LogP contribution in [0.1, 0.15) is 34.1 Å². The zero-order chi connectivity index (χ0) is 12.9. The Morgan fingerprint density at radius 1 is 1.38 bits per heavy atom. The molecule has 0 saturated carbocycles. The van der Waals surface area contributed by atoms with E-state index in [4.69, 9.17) is 4.74 Å². The second-order valence-corrected chi connectivity index (χ2v) is 4.65. The molecule has 0 fully saturated rings. The molecule has 0 amide bonds. The number of ketones is 1. The summed E-state index contributed by atoms with van der Waals surface area (Å²) in [5, 5.41) is 10.3. The van der Waals surface area contributed by atoms with E-state index >= 15 is 0 Å². The molecule has 0 unspecified atom stereocenters. The Hall–Kier alpha value is -1.46. The minimum atomic E-state index is -0.994. The Bertz CT molecular complexity index is 276. The van der Waals surface area contributed by atoms with Crippen LogP contribution < -0.4 is 0 Å². The summed E-state index contributed by atoms with van der Waals surface area (Å²) >= 11 is 0. The number of Topliss-reactive ketones (excluding diaryl/α,β-unsaturated/α-hetero) is 1. The van der Waals surface area contributed by atoms with Gasteiger partial charge in [-0.1, -0.05) is 0 Å². The fourth-order valence-electron chi connectivity index (χ4n) is 1.13. The van der Waals surface area contributed by atoms with Crippen LogP contribution in [-0.4, -0.2) is 28.8 Å². The second kappa shape index (κ2) is 5.58. The minimum Gasteiger partial charge on any atom is -0.460 e. The van der Waals surface area contributed by atoms with Crippen molar-refractivity contribution in [2.75, 3.05) is 6.54 Å². The quantitative estimate of drug-likeness (QED) is 0.403. The van der Waals surface area contributed by atoms with E-state index in [2.05, 4.69) is 0 Å². The topological polar surface area (TPSA) is 86.5 Å². The molecule has 0 rings (SSSR count). The first kappa shape index (κ1) is 14.5. The predicted molar refractivity (Wildman–Crippen MR) is 56.5 cm³/mol. The lowest BCUT2D eigenvalue weighted by Gasteiger charge is -2.22. The molecule has 0 aliphatic heterocycles. The van der Waals surface area contributed by atoms with Gasteiger partial charge in [-0.05, 0) is 27.7 Å². The number of carbonyl (C=O) groups excluding carboxylic acids is 2. The molecule has 0 bridgehead atoms. The molecule has 0 saturated heterocycles. The zero-order valence-corrected chi connectivity index (χ0v) is 9.98. The summed E-state index contributed by atoms with van der Waals surface area (Å²) in [6.07, 6.45) is -0.157. The lowest BCUT2D eigenvalue weighted by atomic mass is 10.0. The van der Waals surface area contributed by atoms with E-state index in [1.165, 1.54) is 6.92 Å². The van der Waals surface area contributed by atoms with Gasteiger partial charge in [-0.15, -0.1) is 0 Å². The fourth-order valence-corrected chi connectivity index (χ4v) is 1.13. The molecule has 6 heteroatoms. The first-order chi connectivity index (χ1) is 7.11. The average Bonchev–Trinajstić information content (AvgIpc) is 1.97. The highest BCUT2D eigenvalue weighted by atomic mass is 16.6. The Balaban J connectivity index is 4.56. The van der Waals surface area contributed by atoms with Gasteiger partial charge in [0.05, 0.1) is 0 Å². The summed E-state index contributed by atoms with van der Waals surface area (Å²) in [6, 6.07) is 0. The van der Waals surface area contributed by atoms with Crippen molar-refractivity contribution < 1.29 is 19.2 Å². The normalized spacial score (nSPS) is 13.0. The van der Waals surface area contributed by atoms with Crippen LogP contribution in [0.4, 0.5) is 0 Å². The predicted octanol–water partition coefficient (Wildman–Crippen LogP) is 1.20. The molecule has 0 N–H and O–H groups in total. The number of esters is 1. The SMILES string of the molecule is CC(=O)C[C@H](C[N+](=O)[O-])C(=O)OC(C)(C)C. The maximum Gasteiger partial charge on any atom is 0.316 e. The van der Waals surface area contributed by atoms with Crippen LogP contribution in [0.5, 0.6) is 0 Å². The standard InChI is InChI=1S/C10H17NO5/c1-7(12)5-8(6-11(14)15)9(13)16-10(2,3)4/h8H,5-6H2,1-4H3/t8-/m1/s1. The molecule has 92 valence electrons. The van der Waals surface area contributed by atoms with Crippen molar-refractivity contribution in [2.45, 2.75) is 39.7 Å². The van der Waals surface area contributed by atoms with Crippen LogP contribution in [0, 0.1) is 16.0 Å².